The number of benzene rings is 2. The predicted molar refractivity (Wildman–Crippen MR) is 88.9 cm³/mol. The molecule has 1 heterocycles. The summed E-state index contributed by atoms with van der Waals surface area (Å²) in [6, 6.07) is 18.6. The van der Waals surface area contributed by atoms with Gasteiger partial charge in [0.15, 0.2) is 0 Å². The molecule has 5 heteroatoms. The van der Waals surface area contributed by atoms with Gasteiger partial charge in [-0.15, -0.1) is 0 Å². The van der Waals surface area contributed by atoms with Gasteiger partial charge in [0.2, 0.25) is 0 Å². The summed E-state index contributed by atoms with van der Waals surface area (Å²) >= 11 is 0. The van der Waals surface area contributed by atoms with Crippen LogP contribution in [0.3, 0.4) is 0 Å². The normalized spacial score (nSPS) is 10.5. The number of carbonyl (C=O) groups is 1. The van der Waals surface area contributed by atoms with E-state index in [0.717, 1.165) is 15.8 Å². The van der Waals surface area contributed by atoms with E-state index in [4.69, 9.17) is 5.73 Å². The zero-order valence-electron chi connectivity index (χ0n) is 12.6. The van der Waals surface area contributed by atoms with Gasteiger partial charge in [-0.3, -0.25) is 9.59 Å². The SMILES string of the molecule is Cn1nc(-c2ccccc2)c(-c2ccccc2)c(C(N)=O)c1=O. The summed E-state index contributed by atoms with van der Waals surface area (Å²) < 4.78 is 1.15. The minimum absolute atomic E-state index is 0.0486. The van der Waals surface area contributed by atoms with Crippen LogP contribution in [0.2, 0.25) is 0 Å². The first kappa shape index (κ1) is 14.7. The first-order chi connectivity index (χ1) is 11.1. The summed E-state index contributed by atoms with van der Waals surface area (Å²) in [7, 11) is 1.51. The number of primary amides is 1. The zero-order chi connectivity index (χ0) is 16.4. The minimum atomic E-state index is -0.760. The van der Waals surface area contributed by atoms with Crippen molar-refractivity contribution in [3.05, 3.63) is 76.6 Å². The lowest BCUT2D eigenvalue weighted by atomic mass is 9.95. The Labute approximate surface area is 133 Å². The van der Waals surface area contributed by atoms with Crippen molar-refractivity contribution >= 4 is 5.91 Å². The molecular formula is C18H15N3O2. The summed E-state index contributed by atoms with van der Waals surface area (Å²) in [5.41, 5.74) is 7.49. The second kappa shape index (κ2) is 5.88. The van der Waals surface area contributed by atoms with Gasteiger partial charge in [-0.25, -0.2) is 4.68 Å². The predicted octanol–water partition coefficient (Wildman–Crippen LogP) is 2.21. The molecule has 0 atom stereocenters. The van der Waals surface area contributed by atoms with Crippen molar-refractivity contribution in [3.8, 4) is 22.4 Å². The Morgan fingerprint density at radius 1 is 0.957 bits per heavy atom. The molecule has 5 nitrogen and oxygen atoms in total. The first-order valence-electron chi connectivity index (χ1n) is 7.11. The molecule has 0 saturated heterocycles. The number of nitrogens with zero attached hydrogens (tertiary/aromatic N) is 2. The Morgan fingerprint density at radius 3 is 2.00 bits per heavy atom. The Bertz CT molecular complexity index is 916. The average Bonchev–Trinajstić information content (AvgIpc) is 2.58. The lowest BCUT2D eigenvalue weighted by Gasteiger charge is -2.14. The maximum absolute atomic E-state index is 12.4. The van der Waals surface area contributed by atoms with Crippen LogP contribution in [0.4, 0.5) is 0 Å². The number of hydrogen-bond donors (Lipinski definition) is 1. The van der Waals surface area contributed by atoms with E-state index in [2.05, 4.69) is 5.10 Å². The van der Waals surface area contributed by atoms with Crippen LogP contribution in [0.1, 0.15) is 10.4 Å². The van der Waals surface area contributed by atoms with E-state index in [1.807, 2.05) is 60.7 Å². The van der Waals surface area contributed by atoms with Crippen molar-refractivity contribution in [1.82, 2.24) is 9.78 Å². The number of aromatic nitrogens is 2. The molecule has 1 aromatic heterocycles. The molecule has 0 fully saturated rings. The van der Waals surface area contributed by atoms with Crippen LogP contribution < -0.4 is 11.3 Å². The fourth-order valence-corrected chi connectivity index (χ4v) is 2.55. The molecule has 0 bridgehead atoms. The smallest absolute Gasteiger partial charge is 0.280 e. The number of hydrogen-bond acceptors (Lipinski definition) is 3. The highest BCUT2D eigenvalue weighted by atomic mass is 16.2. The van der Waals surface area contributed by atoms with E-state index in [9.17, 15) is 9.59 Å². The molecule has 0 saturated carbocycles. The molecular weight excluding hydrogens is 290 g/mol. The van der Waals surface area contributed by atoms with Crippen LogP contribution in [0.15, 0.2) is 65.5 Å². The largest absolute Gasteiger partial charge is 0.365 e. The average molecular weight is 305 g/mol. The molecule has 2 N–H and O–H groups in total. The van der Waals surface area contributed by atoms with Crippen LogP contribution >= 0.6 is 0 Å². The number of aryl methyl sites for hydroxylation is 1. The second-order valence-corrected chi connectivity index (χ2v) is 5.12. The van der Waals surface area contributed by atoms with E-state index in [1.165, 1.54) is 7.05 Å². The van der Waals surface area contributed by atoms with Crippen LogP contribution in [-0.4, -0.2) is 15.7 Å². The Hall–Kier alpha value is -3.21. The fourth-order valence-electron chi connectivity index (χ4n) is 2.55. The number of nitrogens with two attached hydrogens (primary N) is 1. The number of carbonyl (C=O) groups excluding carboxylic acids is 1. The third kappa shape index (κ3) is 2.64. The molecule has 0 aliphatic heterocycles. The highest BCUT2D eigenvalue weighted by Crippen LogP contribution is 2.31. The Morgan fingerprint density at radius 2 is 1.48 bits per heavy atom. The summed E-state index contributed by atoms with van der Waals surface area (Å²) in [5, 5.41) is 4.36. The van der Waals surface area contributed by atoms with Crippen LogP contribution in [0, 0.1) is 0 Å². The highest BCUT2D eigenvalue weighted by molar-refractivity contribution is 6.02. The van der Waals surface area contributed by atoms with Gasteiger partial charge in [0, 0.05) is 18.2 Å². The van der Waals surface area contributed by atoms with Crippen molar-refractivity contribution in [3.63, 3.8) is 0 Å². The van der Waals surface area contributed by atoms with Gasteiger partial charge >= 0.3 is 0 Å². The van der Waals surface area contributed by atoms with Gasteiger partial charge in [0.25, 0.3) is 11.5 Å². The van der Waals surface area contributed by atoms with Crippen molar-refractivity contribution in [1.29, 1.82) is 0 Å². The molecule has 23 heavy (non-hydrogen) atoms. The van der Waals surface area contributed by atoms with Gasteiger partial charge < -0.3 is 5.73 Å². The van der Waals surface area contributed by atoms with Gasteiger partial charge in [-0.2, -0.15) is 5.10 Å². The molecule has 1 amide bonds. The molecule has 114 valence electrons. The quantitative estimate of drug-likeness (QED) is 0.806. The zero-order valence-corrected chi connectivity index (χ0v) is 12.6. The van der Waals surface area contributed by atoms with E-state index in [1.54, 1.807) is 0 Å². The van der Waals surface area contributed by atoms with E-state index < -0.39 is 11.5 Å². The first-order valence-corrected chi connectivity index (χ1v) is 7.11. The second-order valence-electron chi connectivity index (χ2n) is 5.12. The molecule has 0 unspecified atom stereocenters. The Kier molecular flexibility index (Phi) is 3.76. The van der Waals surface area contributed by atoms with Crippen molar-refractivity contribution < 1.29 is 4.79 Å². The maximum atomic E-state index is 12.4. The van der Waals surface area contributed by atoms with Crippen molar-refractivity contribution in [2.45, 2.75) is 0 Å². The van der Waals surface area contributed by atoms with E-state index >= 15 is 0 Å². The molecule has 0 aliphatic carbocycles. The lowest BCUT2D eigenvalue weighted by molar-refractivity contribution is 0.0998. The van der Waals surface area contributed by atoms with Crippen LogP contribution in [-0.2, 0) is 7.05 Å². The molecule has 0 aliphatic rings. The topological polar surface area (TPSA) is 78.0 Å². The molecule has 3 rings (SSSR count). The lowest BCUT2D eigenvalue weighted by Crippen LogP contribution is -2.31. The molecule has 0 radical (unpaired) electrons. The molecule has 3 aromatic rings. The van der Waals surface area contributed by atoms with Gasteiger partial charge in [0.1, 0.15) is 5.56 Å². The maximum Gasteiger partial charge on any atom is 0.280 e. The standard InChI is InChI=1S/C18H15N3O2/c1-21-18(23)15(17(19)22)14(12-8-4-2-5-9-12)16(20-21)13-10-6-3-7-11-13/h2-11H,1H3,(H2,19,22). The van der Waals surface area contributed by atoms with Crippen LogP contribution in [0.25, 0.3) is 22.4 Å². The van der Waals surface area contributed by atoms with Crippen LogP contribution in [0.5, 0.6) is 0 Å². The molecule has 0 spiro atoms. The molecule has 2 aromatic carbocycles. The summed E-state index contributed by atoms with van der Waals surface area (Å²) in [6.45, 7) is 0. The van der Waals surface area contributed by atoms with Gasteiger partial charge in [-0.1, -0.05) is 60.7 Å². The van der Waals surface area contributed by atoms with Gasteiger partial charge in [0.05, 0.1) is 5.69 Å². The van der Waals surface area contributed by atoms with E-state index in [0.29, 0.717) is 11.3 Å². The van der Waals surface area contributed by atoms with Crippen molar-refractivity contribution in [2.75, 3.05) is 0 Å². The Balaban J connectivity index is 2.45. The highest BCUT2D eigenvalue weighted by Gasteiger charge is 2.22. The minimum Gasteiger partial charge on any atom is -0.365 e. The number of amides is 1. The fraction of sp³-hybridized carbons (Fsp3) is 0.0556. The van der Waals surface area contributed by atoms with Gasteiger partial charge in [-0.05, 0) is 5.56 Å². The summed E-state index contributed by atoms with van der Waals surface area (Å²) in [4.78, 5) is 24.3. The third-order valence-corrected chi connectivity index (χ3v) is 3.60. The number of rotatable bonds is 3. The monoisotopic (exact) mass is 305 g/mol. The van der Waals surface area contributed by atoms with E-state index in [-0.39, 0.29) is 5.56 Å². The third-order valence-electron chi connectivity index (χ3n) is 3.60. The summed E-state index contributed by atoms with van der Waals surface area (Å²) in [5.74, 6) is -0.760. The van der Waals surface area contributed by atoms with Crippen molar-refractivity contribution in [2.24, 2.45) is 12.8 Å². The summed E-state index contributed by atoms with van der Waals surface area (Å²) in [6.07, 6.45) is 0.